The van der Waals surface area contributed by atoms with Gasteiger partial charge in [0.15, 0.2) is 0 Å². The van der Waals surface area contributed by atoms with Gasteiger partial charge in [-0.15, -0.1) is 11.3 Å². The maximum Gasteiger partial charge on any atom is 0.218 e. The molecule has 0 saturated carbocycles. The van der Waals surface area contributed by atoms with Crippen molar-refractivity contribution in [3.8, 4) is 11.6 Å². The molecule has 0 amide bonds. The number of nitrogens with one attached hydrogen (secondary N) is 1. The maximum atomic E-state index is 5.42. The highest BCUT2D eigenvalue weighted by Gasteiger charge is 2.08. The first kappa shape index (κ1) is 14.8. The molecule has 0 saturated heterocycles. The van der Waals surface area contributed by atoms with Gasteiger partial charge in [-0.1, -0.05) is 6.07 Å². The molecule has 1 N–H and O–H groups in total. The van der Waals surface area contributed by atoms with Gasteiger partial charge in [-0.3, -0.25) is 0 Å². The van der Waals surface area contributed by atoms with Gasteiger partial charge in [-0.2, -0.15) is 0 Å². The molecule has 2 aromatic heterocycles. The van der Waals surface area contributed by atoms with E-state index in [-0.39, 0.29) is 0 Å². The van der Waals surface area contributed by atoms with Gasteiger partial charge in [-0.25, -0.2) is 4.98 Å². The van der Waals surface area contributed by atoms with E-state index >= 15 is 0 Å². The Morgan fingerprint density at radius 3 is 2.73 bits per heavy atom. The van der Waals surface area contributed by atoms with Crippen LogP contribution in [-0.2, 0) is 13.1 Å². The second-order valence-corrected chi connectivity index (χ2v) is 5.93. The van der Waals surface area contributed by atoms with E-state index in [2.05, 4.69) is 33.9 Å². The van der Waals surface area contributed by atoms with Crippen molar-refractivity contribution in [1.82, 2.24) is 10.3 Å². The van der Waals surface area contributed by atoms with Crippen molar-refractivity contribution in [2.75, 3.05) is 14.2 Å². The number of methoxy groups -OCH3 is 2. The van der Waals surface area contributed by atoms with Crippen LogP contribution in [0.4, 0.5) is 0 Å². The monoisotopic (exact) mass is 314 g/mol. The van der Waals surface area contributed by atoms with Crippen molar-refractivity contribution in [2.45, 2.75) is 13.1 Å². The molecular weight excluding hydrogens is 296 g/mol. The van der Waals surface area contributed by atoms with E-state index < -0.39 is 0 Å². The molecule has 0 bridgehead atoms. The van der Waals surface area contributed by atoms with Crippen molar-refractivity contribution >= 4 is 22.2 Å². The average molecular weight is 314 g/mol. The highest BCUT2D eigenvalue weighted by molar-refractivity contribution is 7.09. The lowest BCUT2D eigenvalue weighted by Crippen LogP contribution is -2.13. The molecule has 2 heterocycles. The molecule has 0 unspecified atom stereocenters. The van der Waals surface area contributed by atoms with Crippen LogP contribution in [0.3, 0.4) is 0 Å². The first-order valence-electron chi connectivity index (χ1n) is 7.05. The third kappa shape index (κ3) is 3.21. The van der Waals surface area contributed by atoms with Crippen molar-refractivity contribution in [3.05, 3.63) is 52.2 Å². The van der Waals surface area contributed by atoms with Crippen molar-refractivity contribution in [3.63, 3.8) is 0 Å². The Bertz CT molecular complexity index is 757. The molecule has 0 aliphatic rings. The molecule has 22 heavy (non-hydrogen) atoms. The lowest BCUT2D eigenvalue weighted by molar-refractivity contribution is 0.392. The van der Waals surface area contributed by atoms with Crippen molar-refractivity contribution in [2.24, 2.45) is 0 Å². The molecule has 0 spiro atoms. The van der Waals surface area contributed by atoms with Gasteiger partial charge in [0.25, 0.3) is 0 Å². The fourth-order valence-corrected chi connectivity index (χ4v) is 3.02. The molecular formula is C17H18N2O2S. The molecule has 0 aliphatic carbocycles. The quantitative estimate of drug-likeness (QED) is 0.755. The second-order valence-electron chi connectivity index (χ2n) is 4.90. The fraction of sp³-hybridized carbons (Fsp3) is 0.235. The zero-order chi connectivity index (χ0) is 15.4. The Hall–Kier alpha value is -2.11. The summed E-state index contributed by atoms with van der Waals surface area (Å²) < 4.78 is 10.7. The minimum Gasteiger partial charge on any atom is -0.497 e. The molecule has 1 aromatic carbocycles. The molecule has 0 atom stereocenters. The minimum absolute atomic E-state index is 0.663. The summed E-state index contributed by atoms with van der Waals surface area (Å²) in [5, 5.41) is 6.57. The number of ether oxygens (including phenoxy) is 2. The summed E-state index contributed by atoms with van der Waals surface area (Å²) in [4.78, 5) is 5.88. The normalized spacial score (nSPS) is 10.8. The number of nitrogens with zero attached hydrogens (tertiary/aromatic N) is 1. The molecule has 3 aromatic rings. The van der Waals surface area contributed by atoms with E-state index in [9.17, 15) is 0 Å². The SMILES string of the molecule is COc1ccc2nc(OC)c(CNCc3cccs3)cc2c1. The summed E-state index contributed by atoms with van der Waals surface area (Å²) in [6.07, 6.45) is 0. The van der Waals surface area contributed by atoms with Gasteiger partial charge in [0.05, 0.1) is 19.7 Å². The standard InChI is InChI=1S/C17H18N2O2S/c1-20-14-5-6-16-12(9-14)8-13(17(19-16)21-2)10-18-11-15-4-3-7-22-15/h3-9,18H,10-11H2,1-2H3. The van der Waals surface area contributed by atoms with E-state index in [1.165, 1.54) is 4.88 Å². The Kier molecular flexibility index (Phi) is 4.56. The maximum absolute atomic E-state index is 5.42. The topological polar surface area (TPSA) is 43.4 Å². The molecule has 0 fully saturated rings. The van der Waals surface area contributed by atoms with Gasteiger partial charge in [0.2, 0.25) is 5.88 Å². The van der Waals surface area contributed by atoms with Crippen molar-refractivity contribution in [1.29, 1.82) is 0 Å². The van der Waals surface area contributed by atoms with Crippen LogP contribution in [0.5, 0.6) is 11.6 Å². The molecule has 0 aliphatic heterocycles. The van der Waals surface area contributed by atoms with E-state index in [0.717, 1.165) is 28.8 Å². The largest absolute Gasteiger partial charge is 0.497 e. The summed E-state index contributed by atoms with van der Waals surface area (Å²) >= 11 is 1.75. The number of fused-ring (bicyclic) bond motifs is 1. The molecule has 0 radical (unpaired) electrons. The predicted octanol–water partition coefficient (Wildman–Crippen LogP) is 3.60. The summed E-state index contributed by atoms with van der Waals surface area (Å²) in [6.45, 7) is 1.55. The molecule has 5 heteroatoms. The summed E-state index contributed by atoms with van der Waals surface area (Å²) in [5.74, 6) is 1.49. The van der Waals surface area contributed by atoms with Crippen LogP contribution >= 0.6 is 11.3 Å². The van der Waals surface area contributed by atoms with E-state index in [0.29, 0.717) is 12.4 Å². The Morgan fingerprint density at radius 2 is 2.00 bits per heavy atom. The highest BCUT2D eigenvalue weighted by atomic mass is 32.1. The van der Waals surface area contributed by atoms with E-state index in [1.54, 1.807) is 25.6 Å². The van der Waals surface area contributed by atoms with Crippen LogP contribution in [0.2, 0.25) is 0 Å². The number of thiophene rings is 1. The number of pyridine rings is 1. The Labute approximate surface area is 133 Å². The first-order valence-corrected chi connectivity index (χ1v) is 7.93. The van der Waals surface area contributed by atoms with Crippen LogP contribution < -0.4 is 14.8 Å². The average Bonchev–Trinajstić information content (AvgIpc) is 3.07. The number of aromatic nitrogens is 1. The fourth-order valence-electron chi connectivity index (χ4n) is 2.34. The zero-order valence-electron chi connectivity index (χ0n) is 12.6. The number of rotatable bonds is 6. The Balaban J connectivity index is 1.82. The lowest BCUT2D eigenvalue weighted by atomic mass is 10.1. The van der Waals surface area contributed by atoms with Crippen molar-refractivity contribution < 1.29 is 9.47 Å². The zero-order valence-corrected chi connectivity index (χ0v) is 13.4. The van der Waals surface area contributed by atoms with Crippen LogP contribution in [0.25, 0.3) is 10.9 Å². The highest BCUT2D eigenvalue weighted by Crippen LogP contribution is 2.25. The second kappa shape index (κ2) is 6.77. The van der Waals surface area contributed by atoms with Crippen LogP contribution in [0.1, 0.15) is 10.4 Å². The van der Waals surface area contributed by atoms with E-state index in [4.69, 9.17) is 9.47 Å². The number of hydrogen-bond donors (Lipinski definition) is 1. The number of hydrogen-bond acceptors (Lipinski definition) is 5. The lowest BCUT2D eigenvalue weighted by Gasteiger charge is -2.11. The summed E-state index contributed by atoms with van der Waals surface area (Å²) in [7, 11) is 3.32. The summed E-state index contributed by atoms with van der Waals surface area (Å²) in [5.41, 5.74) is 1.94. The minimum atomic E-state index is 0.663. The first-order chi connectivity index (χ1) is 10.8. The predicted molar refractivity (Wildman–Crippen MR) is 89.7 cm³/mol. The van der Waals surface area contributed by atoms with Crippen LogP contribution in [0.15, 0.2) is 41.8 Å². The van der Waals surface area contributed by atoms with Gasteiger partial charge in [0, 0.05) is 28.9 Å². The van der Waals surface area contributed by atoms with Crippen LogP contribution in [-0.4, -0.2) is 19.2 Å². The number of benzene rings is 1. The van der Waals surface area contributed by atoms with Gasteiger partial charge < -0.3 is 14.8 Å². The third-order valence-corrected chi connectivity index (χ3v) is 4.33. The molecule has 3 rings (SSSR count). The van der Waals surface area contributed by atoms with E-state index in [1.807, 2.05) is 18.2 Å². The van der Waals surface area contributed by atoms with Crippen LogP contribution in [0, 0.1) is 0 Å². The third-order valence-electron chi connectivity index (χ3n) is 3.45. The Morgan fingerprint density at radius 1 is 1.09 bits per heavy atom. The summed E-state index contributed by atoms with van der Waals surface area (Å²) in [6, 6.07) is 12.1. The van der Waals surface area contributed by atoms with Gasteiger partial charge in [0.1, 0.15) is 5.75 Å². The van der Waals surface area contributed by atoms with Gasteiger partial charge >= 0.3 is 0 Å². The molecule has 114 valence electrons. The van der Waals surface area contributed by atoms with Gasteiger partial charge in [-0.05, 0) is 35.7 Å². The smallest absolute Gasteiger partial charge is 0.218 e. The molecule has 4 nitrogen and oxygen atoms in total.